The highest BCUT2D eigenvalue weighted by molar-refractivity contribution is 7.12. The molecule has 2 heterocycles. The molecule has 0 spiro atoms. The normalized spacial score (nSPS) is 18.1. The summed E-state index contributed by atoms with van der Waals surface area (Å²) in [4.78, 5) is 0. The molecule has 1 aliphatic rings. The lowest BCUT2D eigenvalue weighted by atomic mass is 10.1. The molecule has 3 rings (SSSR count). The lowest BCUT2D eigenvalue weighted by Gasteiger charge is -2.09. The van der Waals surface area contributed by atoms with E-state index >= 15 is 0 Å². The Bertz CT molecular complexity index is 509. The Hall–Kier alpha value is -1.46. The number of hydrogen-bond acceptors (Lipinski definition) is 5. The Morgan fingerprint density at radius 1 is 1.53 bits per heavy atom. The van der Waals surface area contributed by atoms with Gasteiger partial charge in [-0.05, 0) is 24.6 Å². The third-order valence-corrected chi connectivity index (χ3v) is 3.28. The molecule has 5 heteroatoms. The van der Waals surface area contributed by atoms with Crippen LogP contribution in [0.5, 0.6) is 5.75 Å². The van der Waals surface area contributed by atoms with E-state index in [1.54, 1.807) is 5.51 Å². The molecule has 1 atom stereocenters. The van der Waals surface area contributed by atoms with Crippen molar-refractivity contribution in [3.05, 3.63) is 29.3 Å². The minimum Gasteiger partial charge on any atom is -0.490 e. The van der Waals surface area contributed by atoms with Crippen molar-refractivity contribution in [1.29, 1.82) is 0 Å². The van der Waals surface area contributed by atoms with Gasteiger partial charge in [-0.2, -0.15) is 0 Å². The van der Waals surface area contributed by atoms with Crippen LogP contribution in [0.3, 0.4) is 0 Å². The van der Waals surface area contributed by atoms with E-state index in [0.29, 0.717) is 6.61 Å². The van der Waals surface area contributed by atoms with Crippen molar-refractivity contribution in [2.75, 3.05) is 13.2 Å². The summed E-state index contributed by atoms with van der Waals surface area (Å²) in [5.74, 6) is 0.859. The topological polar surface area (TPSA) is 47.5 Å². The van der Waals surface area contributed by atoms with E-state index in [1.807, 2.05) is 19.1 Å². The number of benzene rings is 1. The van der Waals surface area contributed by atoms with Crippen LogP contribution >= 0.6 is 11.3 Å². The van der Waals surface area contributed by atoms with Gasteiger partial charge in [0, 0.05) is 0 Å². The third kappa shape index (κ3) is 2.45. The maximum absolute atomic E-state index is 5.78. The van der Waals surface area contributed by atoms with Crippen molar-refractivity contribution in [1.82, 2.24) is 10.2 Å². The molecule has 88 valence electrons. The first kappa shape index (κ1) is 10.7. The molecule has 1 aromatic heterocycles. The SMILES string of the molecule is Cc1ccc(-c2nncs2)c(OC[C@@H]2CO2)c1. The highest BCUT2D eigenvalue weighted by Crippen LogP contribution is 2.32. The van der Waals surface area contributed by atoms with E-state index in [4.69, 9.17) is 9.47 Å². The molecule has 1 aliphatic heterocycles. The molecule has 0 aliphatic carbocycles. The van der Waals surface area contributed by atoms with E-state index in [1.165, 1.54) is 16.9 Å². The summed E-state index contributed by atoms with van der Waals surface area (Å²) < 4.78 is 10.9. The highest BCUT2D eigenvalue weighted by atomic mass is 32.1. The predicted octanol–water partition coefficient (Wildman–Crippen LogP) is 2.29. The molecule has 1 aromatic carbocycles. The van der Waals surface area contributed by atoms with Crippen LogP contribution < -0.4 is 4.74 Å². The molecule has 0 N–H and O–H groups in total. The van der Waals surface area contributed by atoms with Gasteiger partial charge in [-0.15, -0.1) is 10.2 Å². The van der Waals surface area contributed by atoms with Gasteiger partial charge in [-0.3, -0.25) is 0 Å². The maximum atomic E-state index is 5.78. The summed E-state index contributed by atoms with van der Waals surface area (Å²) in [5, 5.41) is 8.82. The van der Waals surface area contributed by atoms with Gasteiger partial charge >= 0.3 is 0 Å². The van der Waals surface area contributed by atoms with E-state index in [9.17, 15) is 0 Å². The molecule has 0 bridgehead atoms. The maximum Gasteiger partial charge on any atom is 0.151 e. The molecule has 0 radical (unpaired) electrons. The average Bonchev–Trinajstić information content (AvgIpc) is 3.00. The molecule has 0 saturated carbocycles. The smallest absolute Gasteiger partial charge is 0.151 e. The molecule has 4 nitrogen and oxygen atoms in total. The standard InChI is InChI=1S/C12H12N2O2S/c1-8-2-3-10(12-14-13-7-17-12)11(4-8)16-6-9-5-15-9/h2-4,7,9H,5-6H2,1H3/t9-/m0/s1. The van der Waals surface area contributed by atoms with Gasteiger partial charge in [0.15, 0.2) is 5.01 Å². The first-order chi connectivity index (χ1) is 8.33. The molecular weight excluding hydrogens is 236 g/mol. The molecule has 0 amide bonds. The van der Waals surface area contributed by atoms with Crippen LogP contribution in [0.2, 0.25) is 0 Å². The lowest BCUT2D eigenvalue weighted by Crippen LogP contribution is -2.05. The summed E-state index contributed by atoms with van der Waals surface area (Å²) in [6.07, 6.45) is 0.262. The van der Waals surface area contributed by atoms with E-state index in [-0.39, 0.29) is 6.10 Å². The first-order valence-corrected chi connectivity index (χ1v) is 6.32. The fourth-order valence-electron chi connectivity index (χ4n) is 1.56. The van der Waals surface area contributed by atoms with Gasteiger partial charge < -0.3 is 9.47 Å². The van der Waals surface area contributed by atoms with Crippen LogP contribution in [0.25, 0.3) is 10.6 Å². The van der Waals surface area contributed by atoms with Crippen molar-refractivity contribution in [3.63, 3.8) is 0 Å². The number of aryl methyl sites for hydroxylation is 1. The number of nitrogens with zero attached hydrogens (tertiary/aromatic N) is 2. The summed E-state index contributed by atoms with van der Waals surface area (Å²) in [6.45, 7) is 3.46. The number of aromatic nitrogens is 2. The number of rotatable bonds is 4. The van der Waals surface area contributed by atoms with Crippen LogP contribution in [0.15, 0.2) is 23.7 Å². The summed E-state index contributed by atoms with van der Waals surface area (Å²) in [7, 11) is 0. The third-order valence-electron chi connectivity index (χ3n) is 2.55. The van der Waals surface area contributed by atoms with E-state index in [0.717, 1.165) is 22.9 Å². The Kier molecular flexibility index (Phi) is 2.78. The molecule has 17 heavy (non-hydrogen) atoms. The molecular formula is C12H12N2O2S. The van der Waals surface area contributed by atoms with Crippen LogP contribution in [0.4, 0.5) is 0 Å². The number of hydrogen-bond donors (Lipinski definition) is 0. The Morgan fingerprint density at radius 2 is 2.41 bits per heavy atom. The zero-order valence-electron chi connectivity index (χ0n) is 9.42. The molecule has 1 fully saturated rings. The van der Waals surface area contributed by atoms with Gasteiger partial charge in [0.25, 0.3) is 0 Å². The summed E-state index contributed by atoms with van der Waals surface area (Å²) in [5.41, 5.74) is 3.90. The second-order valence-corrected chi connectivity index (χ2v) is 4.84. The van der Waals surface area contributed by atoms with E-state index < -0.39 is 0 Å². The monoisotopic (exact) mass is 248 g/mol. The van der Waals surface area contributed by atoms with Crippen molar-refractivity contribution >= 4 is 11.3 Å². The first-order valence-electron chi connectivity index (χ1n) is 5.44. The van der Waals surface area contributed by atoms with Gasteiger partial charge in [0.05, 0.1) is 12.2 Å². The number of epoxide rings is 1. The molecule has 0 unspecified atom stereocenters. The van der Waals surface area contributed by atoms with Crippen LogP contribution in [0, 0.1) is 6.92 Å². The summed E-state index contributed by atoms with van der Waals surface area (Å²) >= 11 is 1.51. The fourth-order valence-corrected chi connectivity index (χ4v) is 2.15. The van der Waals surface area contributed by atoms with Crippen molar-refractivity contribution in [2.45, 2.75) is 13.0 Å². The predicted molar refractivity (Wildman–Crippen MR) is 65.3 cm³/mol. The minimum atomic E-state index is 0.262. The highest BCUT2D eigenvalue weighted by Gasteiger charge is 2.23. The summed E-state index contributed by atoms with van der Waals surface area (Å²) in [6, 6.07) is 6.11. The van der Waals surface area contributed by atoms with Gasteiger partial charge in [-0.1, -0.05) is 17.4 Å². The number of ether oxygens (including phenoxy) is 2. The Labute approximate surface area is 103 Å². The fraction of sp³-hybridized carbons (Fsp3) is 0.333. The van der Waals surface area contributed by atoms with E-state index in [2.05, 4.69) is 16.3 Å². The zero-order valence-corrected chi connectivity index (χ0v) is 10.2. The Balaban J connectivity index is 1.89. The second kappa shape index (κ2) is 4.43. The second-order valence-electron chi connectivity index (χ2n) is 4.01. The van der Waals surface area contributed by atoms with Crippen molar-refractivity contribution in [2.24, 2.45) is 0 Å². The van der Waals surface area contributed by atoms with Crippen molar-refractivity contribution < 1.29 is 9.47 Å². The average molecular weight is 248 g/mol. The lowest BCUT2D eigenvalue weighted by molar-refractivity contribution is 0.264. The quantitative estimate of drug-likeness (QED) is 0.779. The van der Waals surface area contributed by atoms with Crippen molar-refractivity contribution in [3.8, 4) is 16.3 Å². The van der Waals surface area contributed by atoms with Crippen LogP contribution in [0.1, 0.15) is 5.56 Å². The zero-order chi connectivity index (χ0) is 11.7. The van der Waals surface area contributed by atoms with Gasteiger partial charge in [0.1, 0.15) is 24.0 Å². The molecule has 2 aromatic rings. The molecule has 1 saturated heterocycles. The minimum absolute atomic E-state index is 0.262. The van der Waals surface area contributed by atoms with Gasteiger partial charge in [0.2, 0.25) is 0 Å². The Morgan fingerprint density at radius 3 is 3.12 bits per heavy atom. The van der Waals surface area contributed by atoms with Crippen LogP contribution in [-0.2, 0) is 4.74 Å². The van der Waals surface area contributed by atoms with Crippen LogP contribution in [-0.4, -0.2) is 29.5 Å². The van der Waals surface area contributed by atoms with Gasteiger partial charge in [-0.25, -0.2) is 0 Å². The largest absolute Gasteiger partial charge is 0.490 e.